The van der Waals surface area contributed by atoms with Gasteiger partial charge in [0.05, 0.1) is 6.10 Å². The normalized spacial score (nSPS) is 53.6. The summed E-state index contributed by atoms with van der Waals surface area (Å²) in [5.74, 6) is 3.46. The molecule has 0 aliphatic heterocycles. The quantitative estimate of drug-likeness (QED) is 0.704. The summed E-state index contributed by atoms with van der Waals surface area (Å²) >= 11 is 0. The van der Waals surface area contributed by atoms with E-state index in [1.54, 1.807) is 5.57 Å². The smallest absolute Gasteiger partial charge is 0.133 e. The number of ketones is 1. The Kier molecular flexibility index (Phi) is 3.81. The molecule has 134 valence electrons. The first-order chi connectivity index (χ1) is 11.3. The number of aliphatic hydroxyl groups excluding tert-OH is 1. The van der Waals surface area contributed by atoms with Gasteiger partial charge in [0.15, 0.2) is 0 Å². The van der Waals surface area contributed by atoms with Crippen molar-refractivity contribution < 1.29 is 9.90 Å². The van der Waals surface area contributed by atoms with E-state index < -0.39 is 0 Å². The van der Waals surface area contributed by atoms with E-state index in [1.807, 2.05) is 6.92 Å². The van der Waals surface area contributed by atoms with Crippen LogP contribution in [-0.4, -0.2) is 17.0 Å². The summed E-state index contributed by atoms with van der Waals surface area (Å²) in [4.78, 5) is 12.4. The van der Waals surface area contributed by atoms with E-state index in [-0.39, 0.29) is 17.4 Å². The maximum atomic E-state index is 12.4. The van der Waals surface area contributed by atoms with Gasteiger partial charge in [0, 0.05) is 5.92 Å². The lowest BCUT2D eigenvalue weighted by atomic mass is 9.47. The molecule has 0 aromatic heterocycles. The zero-order chi connectivity index (χ0) is 17.3. The number of carbonyl (C=O) groups is 1. The van der Waals surface area contributed by atoms with Crippen molar-refractivity contribution in [3.05, 3.63) is 11.6 Å². The molecule has 8 atom stereocenters. The van der Waals surface area contributed by atoms with Gasteiger partial charge in [-0.25, -0.2) is 0 Å². The molecule has 3 fully saturated rings. The molecule has 2 nitrogen and oxygen atoms in total. The monoisotopic (exact) mass is 330 g/mol. The SMILES string of the molecule is CC(=O)[C@@H]1[C@H](C)C[C@@H]2[C@@H]3CC=C4C[C@H](O)CC[C@]4(C)[C@H]3CC[C@]21C. The Bertz CT molecular complexity index is 579. The number of hydrogen-bond donors (Lipinski definition) is 1. The van der Waals surface area contributed by atoms with Gasteiger partial charge < -0.3 is 5.11 Å². The molecule has 1 N–H and O–H groups in total. The Hall–Kier alpha value is -0.630. The van der Waals surface area contributed by atoms with E-state index in [9.17, 15) is 9.90 Å². The lowest BCUT2D eigenvalue weighted by Gasteiger charge is -2.57. The molecule has 4 aliphatic rings. The fourth-order valence-electron chi connectivity index (χ4n) is 7.87. The summed E-state index contributed by atoms with van der Waals surface area (Å²) in [6.45, 7) is 9.04. The molecule has 24 heavy (non-hydrogen) atoms. The highest BCUT2D eigenvalue weighted by Gasteiger charge is 2.61. The standard InChI is InChI=1S/C22H34O2/c1-13-11-19-17-6-5-15-12-16(24)7-9-21(15,3)18(17)8-10-22(19,4)20(13)14(2)23/h5,13,16-20,24H,6-12H2,1-4H3/t13-,16-,17-,18+,19-,20+,21+,22-/m1/s1. The third-order valence-corrected chi connectivity index (χ3v) is 8.86. The van der Waals surface area contributed by atoms with Crippen molar-refractivity contribution in [3.8, 4) is 0 Å². The Morgan fingerprint density at radius 2 is 1.96 bits per heavy atom. The van der Waals surface area contributed by atoms with Gasteiger partial charge in [-0.1, -0.05) is 32.4 Å². The van der Waals surface area contributed by atoms with Gasteiger partial charge in [0.1, 0.15) is 5.78 Å². The average Bonchev–Trinajstić information content (AvgIpc) is 2.78. The van der Waals surface area contributed by atoms with Crippen LogP contribution in [0, 0.1) is 40.4 Å². The highest BCUT2D eigenvalue weighted by Crippen LogP contribution is 2.67. The summed E-state index contributed by atoms with van der Waals surface area (Å²) < 4.78 is 0. The molecule has 0 aromatic rings. The first kappa shape index (κ1) is 16.8. The van der Waals surface area contributed by atoms with E-state index in [1.165, 1.54) is 25.7 Å². The summed E-state index contributed by atoms with van der Waals surface area (Å²) in [7, 11) is 0. The van der Waals surface area contributed by atoms with Crippen LogP contribution >= 0.6 is 0 Å². The van der Waals surface area contributed by atoms with Gasteiger partial charge in [0.25, 0.3) is 0 Å². The van der Waals surface area contributed by atoms with Crippen LogP contribution in [0.25, 0.3) is 0 Å². The third kappa shape index (κ3) is 2.14. The zero-order valence-corrected chi connectivity index (χ0v) is 15.8. The van der Waals surface area contributed by atoms with E-state index >= 15 is 0 Å². The second kappa shape index (κ2) is 5.43. The lowest BCUT2D eigenvalue weighted by Crippen LogP contribution is -2.51. The van der Waals surface area contributed by atoms with E-state index in [4.69, 9.17) is 0 Å². The second-order valence-corrected chi connectivity index (χ2v) is 10.0. The Morgan fingerprint density at radius 1 is 1.21 bits per heavy atom. The minimum atomic E-state index is -0.122. The molecule has 0 spiro atoms. The van der Waals surface area contributed by atoms with E-state index in [0.29, 0.717) is 23.0 Å². The Balaban J connectivity index is 1.68. The van der Waals surface area contributed by atoms with Crippen molar-refractivity contribution in [1.82, 2.24) is 0 Å². The maximum absolute atomic E-state index is 12.4. The van der Waals surface area contributed by atoms with Gasteiger partial charge in [-0.2, -0.15) is 0 Å². The van der Waals surface area contributed by atoms with Crippen LogP contribution in [0.3, 0.4) is 0 Å². The predicted octanol–water partition coefficient (Wildman–Crippen LogP) is 4.76. The molecule has 2 heteroatoms. The summed E-state index contributed by atoms with van der Waals surface area (Å²) in [5.41, 5.74) is 2.07. The molecule has 0 bridgehead atoms. The van der Waals surface area contributed by atoms with Crippen LogP contribution in [0.5, 0.6) is 0 Å². The van der Waals surface area contributed by atoms with Gasteiger partial charge >= 0.3 is 0 Å². The van der Waals surface area contributed by atoms with Crippen LogP contribution in [0.15, 0.2) is 11.6 Å². The lowest BCUT2D eigenvalue weighted by molar-refractivity contribution is -0.128. The molecule has 0 saturated heterocycles. The predicted molar refractivity (Wildman–Crippen MR) is 96.4 cm³/mol. The Morgan fingerprint density at radius 3 is 2.67 bits per heavy atom. The van der Waals surface area contributed by atoms with E-state index in [2.05, 4.69) is 26.8 Å². The summed E-state index contributed by atoms with van der Waals surface area (Å²) in [5, 5.41) is 10.1. The molecular formula is C22H34O2. The molecular weight excluding hydrogens is 296 g/mol. The van der Waals surface area contributed by atoms with Crippen molar-refractivity contribution in [1.29, 1.82) is 0 Å². The number of fused-ring (bicyclic) bond motifs is 5. The molecule has 0 amide bonds. The fraction of sp³-hybridized carbons (Fsp3) is 0.864. The van der Waals surface area contributed by atoms with Crippen LogP contribution in [0.4, 0.5) is 0 Å². The van der Waals surface area contributed by atoms with Gasteiger partial charge in [-0.15, -0.1) is 0 Å². The highest BCUT2D eigenvalue weighted by atomic mass is 16.3. The first-order valence-electron chi connectivity index (χ1n) is 10.2. The molecule has 0 radical (unpaired) electrons. The fourth-order valence-corrected chi connectivity index (χ4v) is 7.87. The average molecular weight is 331 g/mol. The number of aliphatic hydroxyl groups is 1. The molecule has 4 rings (SSSR count). The minimum Gasteiger partial charge on any atom is -0.393 e. The summed E-state index contributed by atoms with van der Waals surface area (Å²) in [6, 6.07) is 0. The molecule has 0 heterocycles. The van der Waals surface area contributed by atoms with E-state index in [0.717, 1.165) is 31.1 Å². The van der Waals surface area contributed by atoms with Crippen molar-refractivity contribution in [2.75, 3.05) is 0 Å². The van der Waals surface area contributed by atoms with Gasteiger partial charge in [-0.05, 0) is 86.4 Å². The largest absolute Gasteiger partial charge is 0.393 e. The summed E-state index contributed by atoms with van der Waals surface area (Å²) in [6.07, 6.45) is 10.3. The zero-order valence-electron chi connectivity index (χ0n) is 15.8. The maximum Gasteiger partial charge on any atom is 0.133 e. The highest BCUT2D eigenvalue weighted by molar-refractivity contribution is 5.80. The van der Waals surface area contributed by atoms with Crippen LogP contribution in [0.2, 0.25) is 0 Å². The second-order valence-electron chi connectivity index (χ2n) is 10.0. The molecule has 0 unspecified atom stereocenters. The number of carbonyl (C=O) groups excluding carboxylic acids is 1. The Labute approximate surface area is 147 Å². The van der Waals surface area contributed by atoms with Crippen molar-refractivity contribution >= 4 is 5.78 Å². The number of hydrogen-bond acceptors (Lipinski definition) is 2. The topological polar surface area (TPSA) is 37.3 Å². The molecule has 4 aliphatic carbocycles. The van der Waals surface area contributed by atoms with Crippen LogP contribution in [0.1, 0.15) is 72.6 Å². The first-order valence-corrected chi connectivity index (χ1v) is 10.2. The minimum absolute atomic E-state index is 0.122. The van der Waals surface area contributed by atoms with Crippen molar-refractivity contribution in [3.63, 3.8) is 0 Å². The molecule has 3 saturated carbocycles. The van der Waals surface area contributed by atoms with Crippen molar-refractivity contribution in [2.24, 2.45) is 40.4 Å². The van der Waals surface area contributed by atoms with Gasteiger partial charge in [0.2, 0.25) is 0 Å². The van der Waals surface area contributed by atoms with Crippen LogP contribution in [-0.2, 0) is 4.79 Å². The number of Topliss-reactive ketones (excluding diaryl/α,β-unsaturated/α-hetero) is 1. The molecule has 0 aromatic carbocycles. The van der Waals surface area contributed by atoms with Gasteiger partial charge in [-0.3, -0.25) is 4.79 Å². The number of allylic oxidation sites excluding steroid dienone is 1. The number of rotatable bonds is 1. The third-order valence-electron chi connectivity index (χ3n) is 8.86. The van der Waals surface area contributed by atoms with Crippen molar-refractivity contribution in [2.45, 2.75) is 78.7 Å². The van der Waals surface area contributed by atoms with Crippen LogP contribution < -0.4 is 0 Å².